The minimum Gasteiger partial charge on any atom is -0.375 e. The molecule has 5 nitrogen and oxygen atoms in total. The number of halogens is 1. The molecule has 3 aromatic rings. The number of pyridine rings is 1. The summed E-state index contributed by atoms with van der Waals surface area (Å²) in [5.74, 6) is 0. The average Bonchev–Trinajstić information content (AvgIpc) is 3.27. The number of nitrogens with zero attached hydrogens (tertiary/aromatic N) is 3. The highest BCUT2D eigenvalue weighted by Gasteiger charge is 2.19. The van der Waals surface area contributed by atoms with Crippen molar-refractivity contribution in [1.82, 2.24) is 9.55 Å². The number of benzene rings is 1. The van der Waals surface area contributed by atoms with Gasteiger partial charge >= 0.3 is 0 Å². The molecular weight excluding hydrogens is 356 g/mol. The maximum Gasteiger partial charge on any atom is 0.198 e. The van der Waals surface area contributed by atoms with Crippen LogP contribution in [0.15, 0.2) is 28.5 Å². The Morgan fingerprint density at radius 1 is 1.32 bits per heavy atom. The highest BCUT2D eigenvalue weighted by atomic mass is 35.5. The van der Waals surface area contributed by atoms with E-state index < -0.39 is 0 Å². The lowest BCUT2D eigenvalue weighted by molar-refractivity contribution is 0.789. The summed E-state index contributed by atoms with van der Waals surface area (Å²) >= 11 is 7.88. The van der Waals surface area contributed by atoms with Crippen LogP contribution < -0.4 is 16.1 Å². The maximum absolute atomic E-state index is 13.1. The van der Waals surface area contributed by atoms with Crippen molar-refractivity contribution < 1.29 is 0 Å². The topological polar surface area (TPSA) is 64.2 Å². The van der Waals surface area contributed by atoms with Gasteiger partial charge < -0.3 is 15.2 Å². The molecule has 1 aliphatic heterocycles. The molecule has 1 saturated heterocycles. The predicted octanol–water partition coefficient (Wildman–Crippen LogP) is 3.98. The first-order chi connectivity index (χ1) is 12.1. The van der Waals surface area contributed by atoms with Crippen molar-refractivity contribution in [3.63, 3.8) is 0 Å². The zero-order chi connectivity index (χ0) is 17.6. The van der Waals surface area contributed by atoms with Gasteiger partial charge in [0.05, 0.1) is 27.5 Å². The molecule has 0 radical (unpaired) electrons. The summed E-state index contributed by atoms with van der Waals surface area (Å²) in [7, 11) is 0. The molecule has 1 aromatic carbocycles. The fourth-order valence-electron chi connectivity index (χ4n) is 3.46. The lowest BCUT2D eigenvalue weighted by Crippen LogP contribution is -2.19. The first-order valence-corrected chi connectivity index (χ1v) is 9.67. The lowest BCUT2D eigenvalue weighted by Gasteiger charge is -2.21. The monoisotopic (exact) mass is 374 g/mol. The van der Waals surface area contributed by atoms with E-state index in [1.165, 1.54) is 11.3 Å². The molecule has 3 heterocycles. The Labute approximate surface area is 154 Å². The largest absolute Gasteiger partial charge is 0.375 e. The zero-order valence-corrected chi connectivity index (χ0v) is 15.5. The molecule has 1 fully saturated rings. The predicted molar refractivity (Wildman–Crippen MR) is 106 cm³/mol. The van der Waals surface area contributed by atoms with Crippen LogP contribution in [-0.4, -0.2) is 22.6 Å². The van der Waals surface area contributed by atoms with Gasteiger partial charge in [-0.15, -0.1) is 11.3 Å². The minimum absolute atomic E-state index is 0.0258. The number of thiazole rings is 1. The molecule has 2 aromatic heterocycles. The Kier molecular flexibility index (Phi) is 4.17. The lowest BCUT2D eigenvalue weighted by atomic mass is 10.1. The van der Waals surface area contributed by atoms with E-state index in [1.807, 2.05) is 35.2 Å². The van der Waals surface area contributed by atoms with Crippen molar-refractivity contribution in [1.29, 1.82) is 0 Å². The fourth-order valence-corrected chi connectivity index (χ4v) is 4.30. The summed E-state index contributed by atoms with van der Waals surface area (Å²) in [5, 5.41) is 3.67. The van der Waals surface area contributed by atoms with Crippen molar-refractivity contribution in [2.75, 3.05) is 23.7 Å². The highest BCUT2D eigenvalue weighted by molar-refractivity contribution is 7.13. The van der Waals surface area contributed by atoms with Gasteiger partial charge in [0.25, 0.3) is 0 Å². The molecule has 0 saturated carbocycles. The van der Waals surface area contributed by atoms with Gasteiger partial charge in [-0.3, -0.25) is 4.79 Å². The SMILES string of the molecule is CCn1cc(-c2csc(N)n2)c(=O)c2cc(N3CCCC3)c(Cl)cc21. The first-order valence-electron chi connectivity index (χ1n) is 8.41. The van der Waals surface area contributed by atoms with E-state index in [-0.39, 0.29) is 5.43 Å². The summed E-state index contributed by atoms with van der Waals surface area (Å²) < 4.78 is 2.04. The minimum atomic E-state index is -0.0258. The summed E-state index contributed by atoms with van der Waals surface area (Å²) in [4.78, 5) is 19.7. The van der Waals surface area contributed by atoms with Gasteiger partial charge in [0.1, 0.15) is 0 Å². The van der Waals surface area contributed by atoms with E-state index in [4.69, 9.17) is 17.3 Å². The quantitative estimate of drug-likeness (QED) is 0.753. The van der Waals surface area contributed by atoms with Gasteiger partial charge in [0.15, 0.2) is 10.6 Å². The van der Waals surface area contributed by atoms with Gasteiger partial charge in [0.2, 0.25) is 0 Å². The third-order valence-corrected chi connectivity index (χ3v) is 5.71. The van der Waals surface area contributed by atoms with Crippen LogP contribution in [0.4, 0.5) is 10.8 Å². The molecule has 0 bridgehead atoms. The van der Waals surface area contributed by atoms with E-state index in [0.717, 1.165) is 43.7 Å². The Morgan fingerprint density at radius 3 is 2.72 bits per heavy atom. The number of nitrogen functional groups attached to an aromatic ring is 1. The molecule has 25 heavy (non-hydrogen) atoms. The molecule has 0 unspecified atom stereocenters. The van der Waals surface area contributed by atoms with Crippen LogP contribution in [0.5, 0.6) is 0 Å². The van der Waals surface area contributed by atoms with Gasteiger partial charge in [0, 0.05) is 36.6 Å². The summed E-state index contributed by atoms with van der Waals surface area (Å²) in [6.45, 7) is 4.75. The molecule has 7 heteroatoms. The number of nitrogens with two attached hydrogens (primary N) is 1. The Hall–Kier alpha value is -2.05. The van der Waals surface area contributed by atoms with Crippen molar-refractivity contribution >= 4 is 44.7 Å². The molecule has 0 aliphatic carbocycles. The zero-order valence-electron chi connectivity index (χ0n) is 14.0. The van der Waals surface area contributed by atoms with E-state index in [9.17, 15) is 4.79 Å². The van der Waals surface area contributed by atoms with Crippen LogP contribution in [0.25, 0.3) is 22.2 Å². The number of aryl methyl sites for hydroxylation is 1. The van der Waals surface area contributed by atoms with Crippen LogP contribution in [0.1, 0.15) is 19.8 Å². The number of hydrogen-bond donors (Lipinski definition) is 1. The smallest absolute Gasteiger partial charge is 0.198 e. The second-order valence-corrected chi connectivity index (χ2v) is 7.54. The van der Waals surface area contributed by atoms with Crippen LogP contribution in [0.3, 0.4) is 0 Å². The maximum atomic E-state index is 13.1. The average molecular weight is 375 g/mol. The molecule has 0 amide bonds. The van der Waals surface area contributed by atoms with Crippen molar-refractivity contribution in [2.24, 2.45) is 0 Å². The normalized spacial score (nSPS) is 14.6. The van der Waals surface area contributed by atoms with E-state index in [1.54, 1.807) is 0 Å². The standard InChI is InChI=1S/C18H19ClN4OS/c1-2-22-9-12(14-10-25-18(20)21-14)17(24)11-7-16(13(19)8-15(11)22)23-5-3-4-6-23/h7-10H,2-6H2,1H3,(H2,20,21). The molecule has 1 aliphatic rings. The third-order valence-electron chi connectivity index (χ3n) is 4.73. The van der Waals surface area contributed by atoms with Crippen LogP contribution in [-0.2, 0) is 6.54 Å². The van der Waals surface area contributed by atoms with Crippen LogP contribution in [0.2, 0.25) is 5.02 Å². The van der Waals surface area contributed by atoms with Crippen LogP contribution >= 0.6 is 22.9 Å². The number of anilines is 2. The van der Waals surface area contributed by atoms with E-state index in [2.05, 4.69) is 9.88 Å². The van der Waals surface area contributed by atoms with Crippen molar-refractivity contribution in [3.05, 3.63) is 39.0 Å². The number of fused-ring (bicyclic) bond motifs is 1. The van der Waals surface area contributed by atoms with Gasteiger partial charge in [-0.25, -0.2) is 4.98 Å². The van der Waals surface area contributed by atoms with Crippen LogP contribution in [0, 0.1) is 0 Å². The van der Waals surface area contributed by atoms with Crippen molar-refractivity contribution in [3.8, 4) is 11.3 Å². The number of aromatic nitrogens is 2. The van der Waals surface area contributed by atoms with Gasteiger partial charge in [-0.1, -0.05) is 11.6 Å². The van der Waals surface area contributed by atoms with E-state index in [0.29, 0.717) is 26.8 Å². The summed E-state index contributed by atoms with van der Waals surface area (Å²) in [5.41, 5.74) is 8.74. The highest BCUT2D eigenvalue weighted by Crippen LogP contribution is 2.33. The molecule has 0 spiro atoms. The second-order valence-electron chi connectivity index (χ2n) is 6.24. The summed E-state index contributed by atoms with van der Waals surface area (Å²) in [6, 6.07) is 3.85. The third kappa shape index (κ3) is 2.79. The van der Waals surface area contributed by atoms with E-state index >= 15 is 0 Å². The Balaban J connectivity index is 1.99. The Bertz CT molecular complexity index is 1000. The molecule has 130 valence electrons. The van der Waals surface area contributed by atoms with Crippen molar-refractivity contribution in [2.45, 2.75) is 26.3 Å². The van der Waals surface area contributed by atoms with Gasteiger partial charge in [-0.2, -0.15) is 0 Å². The second kappa shape index (κ2) is 6.35. The number of hydrogen-bond acceptors (Lipinski definition) is 5. The summed E-state index contributed by atoms with van der Waals surface area (Å²) in [6.07, 6.45) is 4.17. The fraction of sp³-hybridized carbons (Fsp3) is 0.333. The molecular formula is C18H19ClN4OS. The molecule has 4 rings (SSSR count). The molecule has 2 N–H and O–H groups in total. The first kappa shape index (κ1) is 16.4. The Morgan fingerprint density at radius 2 is 2.08 bits per heavy atom. The number of rotatable bonds is 3. The molecule has 0 atom stereocenters. The van der Waals surface area contributed by atoms with Gasteiger partial charge in [-0.05, 0) is 31.9 Å².